The maximum atomic E-state index is 12.6. The van der Waals surface area contributed by atoms with Crippen molar-refractivity contribution in [2.45, 2.75) is 101 Å². The molecule has 3 aromatic rings. The molecule has 23 nitrogen and oxygen atoms in total. The molecule has 2 fully saturated rings. The van der Waals surface area contributed by atoms with Gasteiger partial charge in [0, 0.05) is 6.20 Å². The van der Waals surface area contributed by atoms with E-state index in [1.807, 2.05) is 0 Å². The molecule has 5 heterocycles. The summed E-state index contributed by atoms with van der Waals surface area (Å²) in [7, 11) is -11.8. The smallest absolute Gasteiger partial charge is 0.756 e. The van der Waals surface area contributed by atoms with Crippen LogP contribution in [0.25, 0.3) is 11.2 Å². The number of hydrogen-bond acceptors (Lipinski definition) is 20. The third-order valence-electron chi connectivity index (χ3n) is 7.80. The van der Waals surface area contributed by atoms with Crippen LogP contribution in [0.2, 0.25) is 0 Å². The zero-order chi connectivity index (χ0) is 35.7. The maximum Gasteiger partial charge on any atom is 1.00 e. The minimum Gasteiger partial charge on any atom is -0.756 e. The third kappa shape index (κ3) is 10.9. The minimum absolute atomic E-state index is 0. The van der Waals surface area contributed by atoms with Gasteiger partial charge in [-0.3, -0.25) is 28.0 Å². The van der Waals surface area contributed by atoms with Crippen LogP contribution >= 0.6 is 15.6 Å². The molecular formula is C24H36N8Na2O15P2. The Balaban J connectivity index is 0.00000351. The van der Waals surface area contributed by atoms with Crippen molar-refractivity contribution in [2.75, 3.05) is 12.3 Å². The molecule has 5 rings (SSSR count). The van der Waals surface area contributed by atoms with E-state index in [4.69, 9.17) is 15.2 Å². The number of nitrogens with one attached hydrogen (secondary N) is 1. The maximum absolute atomic E-state index is 12.6. The molecule has 3 aromatic heterocycles. The normalized spacial score (nSPS) is 30.3. The van der Waals surface area contributed by atoms with Crippen LogP contribution in [0.3, 0.4) is 0 Å². The molecule has 2 aliphatic heterocycles. The van der Waals surface area contributed by atoms with Gasteiger partial charge >= 0.3 is 59.1 Å². The van der Waals surface area contributed by atoms with Crippen LogP contribution < -0.4 is 80.2 Å². The van der Waals surface area contributed by atoms with Gasteiger partial charge in [-0.05, 0) is 12.8 Å². The van der Waals surface area contributed by atoms with E-state index >= 15 is 0 Å². The Morgan fingerprint density at radius 3 is 2.39 bits per heavy atom. The molecule has 2 aliphatic rings. The van der Waals surface area contributed by atoms with Crippen LogP contribution in [0.5, 0.6) is 0 Å². The zero-order valence-corrected chi connectivity index (χ0v) is 33.6. The quantitative estimate of drug-likeness (QED) is 0.0427. The number of anilines is 1. The number of hydrogen-bond donors (Lipinski definition) is 7. The summed E-state index contributed by atoms with van der Waals surface area (Å²) < 4.78 is 51.4. The number of fused-ring (bicyclic) bond motifs is 1. The molecule has 0 aliphatic carbocycles. The number of imidazole rings is 1. The molecule has 11 atom stereocenters. The number of aromatic amines is 1. The predicted molar refractivity (Wildman–Crippen MR) is 156 cm³/mol. The molecule has 0 bridgehead atoms. The number of phosphoric acid groups is 2. The summed E-state index contributed by atoms with van der Waals surface area (Å²) in [4.78, 5) is 47.1. The molecule has 2 saturated heterocycles. The van der Waals surface area contributed by atoms with Crippen LogP contribution in [0.15, 0.2) is 17.3 Å². The number of phosphoric ester groups is 2. The molecule has 0 radical (unpaired) electrons. The Morgan fingerprint density at radius 2 is 1.69 bits per heavy atom. The summed E-state index contributed by atoms with van der Waals surface area (Å²) in [5.74, 6) is -0.287. The van der Waals surface area contributed by atoms with Crippen LogP contribution in [-0.4, -0.2) is 116 Å². The average molecular weight is 785 g/mol. The van der Waals surface area contributed by atoms with E-state index in [9.17, 15) is 49.2 Å². The van der Waals surface area contributed by atoms with E-state index in [0.29, 0.717) is 12.1 Å². The van der Waals surface area contributed by atoms with Gasteiger partial charge in [-0.15, -0.1) is 5.10 Å². The molecule has 0 aromatic carbocycles. The Kier molecular flexibility index (Phi) is 16.4. The Labute approximate surface area is 333 Å². The fraction of sp³-hybridized carbons (Fsp3) is 0.708. The molecule has 2 unspecified atom stereocenters. The summed E-state index contributed by atoms with van der Waals surface area (Å²) in [5, 5.41) is 60.0. The van der Waals surface area contributed by atoms with Gasteiger partial charge in [0.15, 0.2) is 23.7 Å². The molecule has 8 N–H and O–H groups in total. The van der Waals surface area contributed by atoms with Gasteiger partial charge in [0.05, 0.1) is 25.2 Å². The van der Waals surface area contributed by atoms with Gasteiger partial charge in [-0.25, -0.2) is 14.0 Å². The van der Waals surface area contributed by atoms with E-state index in [2.05, 4.69) is 45.5 Å². The average Bonchev–Trinajstić information content (AvgIpc) is 3.73. The van der Waals surface area contributed by atoms with Crippen molar-refractivity contribution < 1.29 is 126 Å². The Bertz CT molecular complexity index is 1750. The number of aliphatic hydroxyl groups excluding tert-OH is 5. The summed E-state index contributed by atoms with van der Waals surface area (Å²) in [6.45, 7) is 0.741. The van der Waals surface area contributed by atoms with E-state index in [0.717, 1.165) is 36.6 Å². The molecule has 0 spiro atoms. The first-order valence-electron chi connectivity index (χ1n) is 15.1. The van der Waals surface area contributed by atoms with E-state index in [1.54, 1.807) is 6.20 Å². The first-order valence-corrected chi connectivity index (χ1v) is 18.0. The SMILES string of the molecule is CCCCCCc1cn(C[C@@H]2O[C@H](OP(=O)([O-])OP(=O)([O-])OC[C@H]3O[C@@H](n4cnc5c(=O)[nH]c(N)nc54)[C@H](O)[C@@H]3O)[C@@H](O)[C@H](O)[C@@H]2O)nn1.[Na+].[Na+]. The molecule has 0 saturated carbocycles. The van der Waals surface area contributed by atoms with Gasteiger partial charge in [0.25, 0.3) is 21.2 Å². The van der Waals surface area contributed by atoms with Gasteiger partial charge in [0.2, 0.25) is 5.95 Å². The summed E-state index contributed by atoms with van der Waals surface area (Å²) in [6, 6.07) is 0. The van der Waals surface area contributed by atoms with Crippen molar-refractivity contribution in [1.29, 1.82) is 0 Å². The van der Waals surface area contributed by atoms with Crippen molar-refractivity contribution in [3.05, 3.63) is 28.6 Å². The van der Waals surface area contributed by atoms with Crippen LogP contribution in [-0.2, 0) is 44.9 Å². The predicted octanol–water partition coefficient (Wildman–Crippen LogP) is -9.46. The van der Waals surface area contributed by atoms with Gasteiger partial charge in [-0.2, -0.15) is 4.98 Å². The van der Waals surface area contributed by atoms with Crippen LogP contribution in [0.4, 0.5) is 5.95 Å². The van der Waals surface area contributed by atoms with Crippen LogP contribution in [0, 0.1) is 0 Å². The number of unbranched alkanes of at least 4 members (excludes halogenated alkanes) is 3. The minimum atomic E-state index is -5.95. The number of H-pyrrole nitrogens is 1. The summed E-state index contributed by atoms with van der Waals surface area (Å²) in [6.07, 6.45) is -8.86. The number of aromatic nitrogens is 7. The molecule has 274 valence electrons. The zero-order valence-electron chi connectivity index (χ0n) is 27.8. The third-order valence-corrected chi connectivity index (χ3v) is 10.3. The second-order valence-electron chi connectivity index (χ2n) is 11.5. The first-order chi connectivity index (χ1) is 23.1. The van der Waals surface area contributed by atoms with Crippen molar-refractivity contribution in [1.82, 2.24) is 34.5 Å². The number of aryl methyl sites for hydroxylation is 1. The first kappa shape index (κ1) is 44.7. The van der Waals surface area contributed by atoms with Gasteiger partial charge in [-0.1, -0.05) is 31.4 Å². The number of nitrogen functional groups attached to an aromatic ring is 1. The second kappa shape index (κ2) is 18.7. The largest absolute Gasteiger partial charge is 1.00 e. The fourth-order valence-corrected chi connectivity index (χ4v) is 7.38. The second-order valence-corrected chi connectivity index (χ2v) is 14.4. The number of nitrogens with zero attached hydrogens (tertiary/aromatic N) is 6. The van der Waals surface area contributed by atoms with Crippen molar-refractivity contribution >= 4 is 32.8 Å². The monoisotopic (exact) mass is 784 g/mol. The van der Waals surface area contributed by atoms with Crippen molar-refractivity contribution in [3.8, 4) is 0 Å². The molecule has 27 heteroatoms. The summed E-state index contributed by atoms with van der Waals surface area (Å²) >= 11 is 0. The van der Waals surface area contributed by atoms with Crippen LogP contribution in [0.1, 0.15) is 44.5 Å². The van der Waals surface area contributed by atoms with E-state index < -0.39 is 83.1 Å². The Hall–Kier alpha value is -0.730. The van der Waals surface area contributed by atoms with Gasteiger partial charge < -0.3 is 55.1 Å². The topological polar surface area (TPSA) is 348 Å². The molecular weight excluding hydrogens is 748 g/mol. The van der Waals surface area contributed by atoms with Gasteiger partial charge in [0.1, 0.15) is 42.7 Å². The van der Waals surface area contributed by atoms with Crippen molar-refractivity contribution in [3.63, 3.8) is 0 Å². The Morgan fingerprint density at radius 1 is 0.980 bits per heavy atom. The van der Waals surface area contributed by atoms with E-state index in [1.165, 1.54) is 4.68 Å². The number of ether oxygens (including phenoxy) is 2. The summed E-state index contributed by atoms with van der Waals surface area (Å²) in [5.41, 5.74) is 5.20. The molecule has 0 amide bonds. The molecule has 51 heavy (non-hydrogen) atoms. The number of nitrogens with two attached hydrogens (primary N) is 1. The van der Waals surface area contributed by atoms with Crippen molar-refractivity contribution in [2.24, 2.45) is 0 Å². The number of rotatable bonds is 15. The van der Waals surface area contributed by atoms with E-state index in [-0.39, 0.29) is 82.8 Å². The standard InChI is InChI=1S/C24H38N8O15P2.2Na/c1-2-3-4-5-6-11-7-31(30-29-11)8-12-15(33)17(35)19(37)23(45-12)46-49(41,42)47-48(39,40)43-9-13-16(34)18(36)22(44-13)32-10-26-14-20(32)27-24(25)28-21(14)38;;/h7,10,12-13,15-19,22-23,33-37H,2-6,8-9H2,1H3,(H,39,40)(H,41,42)(H3,25,27,28,38);;/q;2*+1/p-2/t12-,13+,15+,16+,17+,18+,19-,22+,23+;;/m0../s1. The number of aliphatic hydroxyl groups is 5. The fourth-order valence-electron chi connectivity index (χ4n) is 5.30.